The highest BCUT2D eigenvalue weighted by atomic mass is 16.6. The van der Waals surface area contributed by atoms with Gasteiger partial charge in [-0.2, -0.15) is 5.26 Å². The minimum atomic E-state index is -0.474. The Labute approximate surface area is 239 Å². The van der Waals surface area contributed by atoms with E-state index in [1.165, 1.54) is 18.9 Å². The lowest BCUT2D eigenvalue weighted by molar-refractivity contribution is -0.385. The molecule has 2 aromatic carbocycles. The molecule has 0 bridgehead atoms. The Kier molecular flexibility index (Phi) is 13.9. The fourth-order valence-corrected chi connectivity index (χ4v) is 4.69. The Morgan fingerprint density at radius 1 is 0.800 bits per heavy atom. The second kappa shape index (κ2) is 17.1. The van der Waals surface area contributed by atoms with Crippen LogP contribution in [0.2, 0.25) is 0 Å². The molecule has 1 aliphatic carbocycles. The molecule has 1 saturated carbocycles. The molecule has 0 aromatic heterocycles. The average molecular weight is 552 g/mol. The lowest BCUT2D eigenvalue weighted by Gasteiger charge is -2.25. The Bertz CT molecular complexity index is 1130. The van der Waals surface area contributed by atoms with Gasteiger partial charge in [-0.15, -0.1) is 0 Å². The van der Waals surface area contributed by atoms with Gasteiger partial charge in [0.15, 0.2) is 0 Å². The molecule has 0 saturated heterocycles. The van der Waals surface area contributed by atoms with E-state index in [4.69, 9.17) is 5.26 Å². The summed E-state index contributed by atoms with van der Waals surface area (Å²) in [6, 6.07) is 12.2. The van der Waals surface area contributed by atoms with Crippen LogP contribution in [0, 0.1) is 44.4 Å². The van der Waals surface area contributed by atoms with Gasteiger partial charge in [0.1, 0.15) is 11.6 Å². The number of nitro groups is 2. The van der Waals surface area contributed by atoms with E-state index in [0.29, 0.717) is 0 Å². The maximum Gasteiger partial charge on any atom is 0.289 e. The lowest BCUT2D eigenvalue weighted by atomic mass is 10.1. The smallest absolute Gasteiger partial charge is 0.289 e. The molecule has 2 aromatic rings. The van der Waals surface area contributed by atoms with Gasteiger partial charge in [0.2, 0.25) is 0 Å². The quantitative estimate of drug-likeness (QED) is 0.117. The van der Waals surface area contributed by atoms with Crippen molar-refractivity contribution in [3.05, 3.63) is 67.8 Å². The first kappa shape index (κ1) is 32.5. The van der Waals surface area contributed by atoms with Gasteiger partial charge in [-0.3, -0.25) is 20.2 Å². The summed E-state index contributed by atoms with van der Waals surface area (Å²) in [7, 11) is 0. The number of nitro benzene ring substituents is 2. The van der Waals surface area contributed by atoms with Crippen LogP contribution in [0.3, 0.4) is 0 Å². The van der Waals surface area contributed by atoms with E-state index in [1.54, 1.807) is 12.1 Å². The number of aryl methyl sites for hydroxylation is 1. The third kappa shape index (κ3) is 10.5. The van der Waals surface area contributed by atoms with Gasteiger partial charge in [-0.25, -0.2) is 0 Å². The first-order valence-electron chi connectivity index (χ1n) is 14.7. The molecule has 0 heterocycles. The van der Waals surface area contributed by atoms with E-state index >= 15 is 0 Å². The van der Waals surface area contributed by atoms with E-state index in [2.05, 4.69) is 30.6 Å². The van der Waals surface area contributed by atoms with Crippen LogP contribution in [0.1, 0.15) is 89.7 Å². The van der Waals surface area contributed by atoms with Crippen molar-refractivity contribution >= 4 is 22.7 Å². The molecular formula is C31H45N5O4. The van der Waals surface area contributed by atoms with Crippen LogP contribution in [0.25, 0.3) is 0 Å². The Hall–Kier alpha value is -3.67. The van der Waals surface area contributed by atoms with Crippen molar-refractivity contribution in [2.75, 3.05) is 36.0 Å². The van der Waals surface area contributed by atoms with Gasteiger partial charge in [0, 0.05) is 55.2 Å². The molecule has 0 amide bonds. The number of benzene rings is 2. The van der Waals surface area contributed by atoms with E-state index in [-0.39, 0.29) is 21.9 Å². The van der Waals surface area contributed by atoms with Crippen molar-refractivity contribution < 1.29 is 9.85 Å². The Balaban J connectivity index is 0.000000285. The molecule has 0 aliphatic heterocycles. The minimum Gasteiger partial charge on any atom is -0.371 e. The SMILES string of the molecule is CCCCCN(CCCCC)c1ccc(C#N)c([N+](=O)[O-])c1.CCCN(CC1CC1)c1ccc([N+](=O)[O-])c(C)c1. The van der Waals surface area contributed by atoms with Crippen LogP contribution in [0.5, 0.6) is 0 Å². The summed E-state index contributed by atoms with van der Waals surface area (Å²) in [4.78, 5) is 25.7. The normalized spacial score (nSPS) is 12.2. The Morgan fingerprint density at radius 3 is 1.85 bits per heavy atom. The van der Waals surface area contributed by atoms with Crippen molar-refractivity contribution in [2.45, 2.75) is 85.5 Å². The highest BCUT2D eigenvalue weighted by Gasteiger charge is 2.25. The van der Waals surface area contributed by atoms with Gasteiger partial charge < -0.3 is 9.80 Å². The molecule has 9 heteroatoms. The summed E-state index contributed by atoms with van der Waals surface area (Å²) in [5.41, 5.74) is 2.94. The Morgan fingerprint density at radius 2 is 1.38 bits per heavy atom. The van der Waals surface area contributed by atoms with Crippen LogP contribution in [-0.4, -0.2) is 36.0 Å². The monoisotopic (exact) mass is 551 g/mol. The second-order valence-electron chi connectivity index (χ2n) is 10.6. The number of hydrogen-bond acceptors (Lipinski definition) is 7. The first-order valence-corrected chi connectivity index (χ1v) is 14.7. The molecule has 0 N–H and O–H groups in total. The number of nitriles is 1. The topological polar surface area (TPSA) is 117 Å². The summed E-state index contributed by atoms with van der Waals surface area (Å²) >= 11 is 0. The third-order valence-corrected chi connectivity index (χ3v) is 7.14. The largest absolute Gasteiger partial charge is 0.371 e. The third-order valence-electron chi connectivity index (χ3n) is 7.14. The second-order valence-corrected chi connectivity index (χ2v) is 10.6. The molecule has 1 aliphatic rings. The van der Waals surface area contributed by atoms with Gasteiger partial charge in [-0.1, -0.05) is 46.5 Å². The van der Waals surface area contributed by atoms with Crippen LogP contribution in [0.4, 0.5) is 22.7 Å². The van der Waals surface area contributed by atoms with Gasteiger partial charge in [-0.05, 0) is 69.2 Å². The van der Waals surface area contributed by atoms with Crippen molar-refractivity contribution in [1.82, 2.24) is 0 Å². The molecule has 0 radical (unpaired) electrons. The number of hydrogen-bond donors (Lipinski definition) is 0. The molecular weight excluding hydrogens is 506 g/mol. The lowest BCUT2D eigenvalue weighted by Crippen LogP contribution is -2.26. The number of anilines is 2. The van der Waals surface area contributed by atoms with Crippen LogP contribution in [-0.2, 0) is 0 Å². The average Bonchev–Trinajstić information content (AvgIpc) is 3.76. The van der Waals surface area contributed by atoms with Crippen molar-refractivity contribution in [3.63, 3.8) is 0 Å². The van der Waals surface area contributed by atoms with Gasteiger partial charge in [0.05, 0.1) is 9.85 Å². The fourth-order valence-electron chi connectivity index (χ4n) is 4.69. The zero-order chi connectivity index (χ0) is 29.5. The summed E-state index contributed by atoms with van der Waals surface area (Å²) in [5, 5.41) is 30.9. The van der Waals surface area contributed by atoms with E-state index < -0.39 is 4.92 Å². The summed E-state index contributed by atoms with van der Waals surface area (Å²) in [5.74, 6) is 0.826. The molecule has 0 atom stereocenters. The number of nitrogens with zero attached hydrogens (tertiary/aromatic N) is 5. The van der Waals surface area contributed by atoms with Crippen molar-refractivity contribution in [1.29, 1.82) is 5.26 Å². The van der Waals surface area contributed by atoms with Crippen molar-refractivity contribution in [2.24, 2.45) is 5.92 Å². The fraction of sp³-hybridized carbons (Fsp3) is 0.581. The maximum atomic E-state index is 11.1. The minimum absolute atomic E-state index is 0.101. The summed E-state index contributed by atoms with van der Waals surface area (Å²) in [6.45, 7) is 12.2. The number of unbranched alkanes of at least 4 members (excludes halogenated alkanes) is 4. The van der Waals surface area contributed by atoms with Gasteiger partial charge >= 0.3 is 0 Å². The highest BCUT2D eigenvalue weighted by Crippen LogP contribution is 2.33. The van der Waals surface area contributed by atoms with E-state index in [1.807, 2.05) is 31.2 Å². The van der Waals surface area contributed by atoms with Crippen molar-refractivity contribution in [3.8, 4) is 6.07 Å². The molecule has 40 heavy (non-hydrogen) atoms. The number of rotatable bonds is 16. The maximum absolute atomic E-state index is 11.1. The standard InChI is InChI=1S/C17H25N3O2.C14H20N2O2/c1-3-5-7-11-19(12-8-6-4-2)16-10-9-15(14-18)17(13-16)20(21)22;1-3-8-15(10-12-4-5-12)13-6-7-14(16(17)18)11(2)9-13/h9-10,13H,3-8,11-12H2,1-2H3;6-7,9,12H,3-5,8,10H2,1-2H3. The van der Waals surface area contributed by atoms with E-state index in [0.717, 1.165) is 94.0 Å². The zero-order valence-electron chi connectivity index (χ0n) is 24.6. The molecule has 1 fully saturated rings. The molecule has 3 rings (SSSR count). The zero-order valence-corrected chi connectivity index (χ0v) is 24.6. The predicted octanol–water partition coefficient (Wildman–Crippen LogP) is 8.18. The van der Waals surface area contributed by atoms with Crippen LogP contribution < -0.4 is 9.80 Å². The molecule has 0 spiro atoms. The highest BCUT2D eigenvalue weighted by molar-refractivity contribution is 5.60. The predicted molar refractivity (Wildman–Crippen MR) is 162 cm³/mol. The molecule has 0 unspecified atom stereocenters. The summed E-state index contributed by atoms with van der Waals surface area (Å²) in [6.07, 6.45) is 10.5. The van der Waals surface area contributed by atoms with Crippen LogP contribution >= 0.6 is 0 Å². The summed E-state index contributed by atoms with van der Waals surface area (Å²) < 4.78 is 0. The molecule has 9 nitrogen and oxygen atoms in total. The van der Waals surface area contributed by atoms with E-state index in [9.17, 15) is 20.2 Å². The first-order chi connectivity index (χ1) is 19.2. The van der Waals surface area contributed by atoms with Gasteiger partial charge in [0.25, 0.3) is 11.4 Å². The van der Waals surface area contributed by atoms with Crippen LogP contribution in [0.15, 0.2) is 36.4 Å². The molecule has 218 valence electrons.